The lowest BCUT2D eigenvalue weighted by Gasteiger charge is -2.31. The van der Waals surface area contributed by atoms with Gasteiger partial charge in [0.2, 0.25) is 0 Å². The number of nitrogens with zero attached hydrogens (tertiary/aromatic N) is 1. The molecular weight excluding hydrogens is 305 g/mol. The third-order valence-corrected chi connectivity index (χ3v) is 5.12. The molecule has 23 heavy (non-hydrogen) atoms. The van der Waals surface area contributed by atoms with Gasteiger partial charge >= 0.3 is 0 Å². The molecule has 0 N–H and O–H groups in total. The van der Waals surface area contributed by atoms with E-state index in [4.69, 9.17) is 0 Å². The fourth-order valence-corrected chi connectivity index (χ4v) is 3.24. The number of amides is 1. The number of carbonyl (C=O) groups is 2. The molecule has 0 radical (unpaired) electrons. The van der Waals surface area contributed by atoms with E-state index in [0.29, 0.717) is 11.1 Å². The fourth-order valence-electron chi connectivity index (χ4n) is 2.40. The molecule has 0 aliphatic carbocycles. The second-order valence-corrected chi connectivity index (χ2v) is 6.38. The SMILES string of the molecule is CC.CC.CPC1CCN(C(=O)c2ccc(C(C)=O)cc2)CC1. The van der Waals surface area contributed by atoms with Gasteiger partial charge in [0.25, 0.3) is 5.91 Å². The highest BCUT2D eigenvalue weighted by Crippen LogP contribution is 2.26. The van der Waals surface area contributed by atoms with Gasteiger partial charge < -0.3 is 4.90 Å². The lowest BCUT2D eigenvalue weighted by molar-refractivity contribution is 0.0726. The summed E-state index contributed by atoms with van der Waals surface area (Å²) in [5, 5.41) is 0. The lowest BCUT2D eigenvalue weighted by atomic mass is 10.1. The van der Waals surface area contributed by atoms with Gasteiger partial charge in [0.1, 0.15) is 0 Å². The number of rotatable bonds is 3. The molecule has 1 saturated heterocycles. The third kappa shape index (κ3) is 6.83. The van der Waals surface area contributed by atoms with Crippen LogP contribution in [-0.2, 0) is 0 Å². The number of carbonyl (C=O) groups excluding carboxylic acids is 2. The van der Waals surface area contributed by atoms with E-state index in [9.17, 15) is 9.59 Å². The summed E-state index contributed by atoms with van der Waals surface area (Å²) in [6.45, 7) is 13.5. The molecule has 1 aliphatic rings. The van der Waals surface area contributed by atoms with Gasteiger partial charge in [-0.15, -0.1) is 8.58 Å². The van der Waals surface area contributed by atoms with Crippen molar-refractivity contribution in [1.29, 1.82) is 0 Å². The molecule has 1 heterocycles. The minimum atomic E-state index is 0.0313. The van der Waals surface area contributed by atoms with Gasteiger partial charge in [-0.3, -0.25) is 9.59 Å². The number of ketones is 1. The molecule has 1 aliphatic heterocycles. The van der Waals surface area contributed by atoms with E-state index in [1.807, 2.05) is 32.6 Å². The minimum Gasteiger partial charge on any atom is -0.339 e. The summed E-state index contributed by atoms with van der Waals surface area (Å²) in [6, 6.07) is 6.98. The van der Waals surface area contributed by atoms with E-state index in [1.165, 1.54) is 6.92 Å². The normalized spacial score (nSPS) is 14.6. The molecule has 1 fully saturated rings. The van der Waals surface area contributed by atoms with Crippen molar-refractivity contribution in [2.24, 2.45) is 0 Å². The third-order valence-electron chi connectivity index (χ3n) is 3.73. The van der Waals surface area contributed by atoms with Crippen molar-refractivity contribution < 1.29 is 9.59 Å². The van der Waals surface area contributed by atoms with Crippen LogP contribution in [0.15, 0.2) is 24.3 Å². The highest BCUT2D eigenvalue weighted by atomic mass is 31.1. The zero-order valence-electron chi connectivity index (χ0n) is 15.5. The molecule has 0 aromatic heterocycles. The van der Waals surface area contributed by atoms with Crippen LogP contribution in [0, 0.1) is 0 Å². The average molecular weight is 337 g/mol. The molecular formula is C19H32NO2P. The van der Waals surface area contributed by atoms with Crippen LogP contribution in [0.3, 0.4) is 0 Å². The Balaban J connectivity index is 0.00000112. The van der Waals surface area contributed by atoms with Gasteiger partial charge in [-0.25, -0.2) is 0 Å². The highest BCUT2D eigenvalue weighted by molar-refractivity contribution is 7.37. The van der Waals surface area contributed by atoms with Crippen molar-refractivity contribution in [2.75, 3.05) is 19.8 Å². The van der Waals surface area contributed by atoms with Crippen molar-refractivity contribution in [1.82, 2.24) is 4.90 Å². The predicted octanol–water partition coefficient (Wildman–Crippen LogP) is 4.85. The van der Waals surface area contributed by atoms with E-state index < -0.39 is 0 Å². The van der Waals surface area contributed by atoms with Gasteiger partial charge in [-0.1, -0.05) is 39.8 Å². The quantitative estimate of drug-likeness (QED) is 0.584. The molecule has 0 bridgehead atoms. The van der Waals surface area contributed by atoms with Crippen LogP contribution >= 0.6 is 8.58 Å². The van der Waals surface area contributed by atoms with Crippen LogP contribution in [-0.4, -0.2) is 42.0 Å². The van der Waals surface area contributed by atoms with Gasteiger partial charge in [-0.2, -0.15) is 0 Å². The van der Waals surface area contributed by atoms with E-state index in [0.717, 1.165) is 40.2 Å². The Kier molecular flexibility index (Phi) is 11.6. The van der Waals surface area contributed by atoms with Gasteiger partial charge in [0.15, 0.2) is 5.78 Å². The molecule has 1 aromatic carbocycles. The monoisotopic (exact) mass is 337 g/mol. The molecule has 4 heteroatoms. The molecule has 0 spiro atoms. The van der Waals surface area contributed by atoms with Crippen molar-refractivity contribution in [3.63, 3.8) is 0 Å². The predicted molar refractivity (Wildman–Crippen MR) is 102 cm³/mol. The number of likely N-dealkylation sites (tertiary alicyclic amines) is 1. The number of Topliss-reactive ketones (excluding diaryl/α,β-unsaturated/α-hetero) is 1. The summed E-state index contributed by atoms with van der Waals surface area (Å²) in [5.74, 6) is 0.122. The van der Waals surface area contributed by atoms with Crippen molar-refractivity contribution >= 4 is 20.3 Å². The standard InChI is InChI=1S/C15H20NO2P.2C2H6/c1-11(17)12-3-5-13(6-4-12)15(18)16-9-7-14(19-2)8-10-16;2*1-2/h3-6,14,19H,7-10H2,1-2H3;2*1-2H3. The summed E-state index contributed by atoms with van der Waals surface area (Å²) in [6.07, 6.45) is 2.23. The first kappa shape index (κ1) is 21.8. The Hall–Kier alpha value is -1.21. The Labute approximate surface area is 143 Å². The Bertz CT molecular complexity index is 463. The molecule has 1 aromatic rings. The zero-order valence-corrected chi connectivity index (χ0v) is 16.5. The molecule has 0 saturated carbocycles. The van der Waals surface area contributed by atoms with Crippen molar-refractivity contribution in [2.45, 2.75) is 53.1 Å². The molecule has 1 amide bonds. The van der Waals surface area contributed by atoms with Gasteiger partial charge in [0.05, 0.1) is 0 Å². The number of benzene rings is 1. The summed E-state index contributed by atoms with van der Waals surface area (Å²) in [4.78, 5) is 25.5. The van der Waals surface area contributed by atoms with Gasteiger partial charge in [-0.05, 0) is 44.2 Å². The van der Waals surface area contributed by atoms with Crippen molar-refractivity contribution in [3.8, 4) is 0 Å². The first-order chi connectivity index (χ1) is 11.1. The van der Waals surface area contributed by atoms with Crippen molar-refractivity contribution in [3.05, 3.63) is 35.4 Å². The second-order valence-electron chi connectivity index (χ2n) is 4.99. The van der Waals surface area contributed by atoms with E-state index in [-0.39, 0.29) is 11.7 Å². The van der Waals surface area contributed by atoms with Crippen LogP contribution in [0.5, 0.6) is 0 Å². The second kappa shape index (κ2) is 12.2. The molecule has 2 rings (SSSR count). The zero-order chi connectivity index (χ0) is 17.8. The van der Waals surface area contributed by atoms with Crippen LogP contribution in [0.2, 0.25) is 0 Å². The smallest absolute Gasteiger partial charge is 0.253 e. The van der Waals surface area contributed by atoms with E-state index >= 15 is 0 Å². The fraction of sp³-hybridized carbons (Fsp3) is 0.579. The molecule has 1 atom stereocenters. The first-order valence-corrected chi connectivity index (χ1v) is 10.3. The van der Waals surface area contributed by atoms with Crippen LogP contribution in [0.4, 0.5) is 0 Å². The highest BCUT2D eigenvalue weighted by Gasteiger charge is 2.22. The Morgan fingerprint density at radius 1 is 0.957 bits per heavy atom. The first-order valence-electron chi connectivity index (χ1n) is 8.69. The molecule has 130 valence electrons. The maximum Gasteiger partial charge on any atom is 0.253 e. The summed E-state index contributed by atoms with van der Waals surface area (Å²) < 4.78 is 0. The minimum absolute atomic E-state index is 0.0313. The maximum atomic E-state index is 12.3. The average Bonchev–Trinajstić information content (AvgIpc) is 2.64. The topological polar surface area (TPSA) is 37.4 Å². The maximum absolute atomic E-state index is 12.3. The van der Waals surface area contributed by atoms with Gasteiger partial charge in [0, 0.05) is 24.2 Å². The largest absolute Gasteiger partial charge is 0.339 e. The Morgan fingerprint density at radius 2 is 1.39 bits per heavy atom. The van der Waals surface area contributed by atoms with E-state index in [2.05, 4.69) is 6.66 Å². The van der Waals surface area contributed by atoms with E-state index in [1.54, 1.807) is 24.3 Å². The molecule has 1 unspecified atom stereocenters. The Morgan fingerprint density at radius 3 is 1.78 bits per heavy atom. The van der Waals surface area contributed by atoms with Crippen LogP contribution in [0.25, 0.3) is 0 Å². The van der Waals surface area contributed by atoms with Crippen LogP contribution < -0.4 is 0 Å². The number of hydrogen-bond acceptors (Lipinski definition) is 2. The van der Waals surface area contributed by atoms with Crippen LogP contribution in [0.1, 0.15) is 68.2 Å². The summed E-state index contributed by atoms with van der Waals surface area (Å²) in [5.41, 5.74) is 2.13. The molecule has 3 nitrogen and oxygen atoms in total. The lowest BCUT2D eigenvalue weighted by Crippen LogP contribution is -2.39. The number of piperidine rings is 1. The summed E-state index contributed by atoms with van der Waals surface area (Å²) in [7, 11) is 0.977. The number of hydrogen-bond donors (Lipinski definition) is 0. The summed E-state index contributed by atoms with van der Waals surface area (Å²) >= 11 is 0.